The number of amides is 1. The smallest absolute Gasteiger partial charge is 0.410 e. The van der Waals surface area contributed by atoms with Crippen LogP contribution in [0.25, 0.3) is 10.2 Å². The SMILES string of the molecule is CC(C)(C)OC(=O)N1CCN(Cc2cc3nccc(Oc4ccc(N)cc4F)c3s2)CC1. The summed E-state index contributed by atoms with van der Waals surface area (Å²) in [5.74, 6) is 0.180. The average Bonchev–Trinajstić information content (AvgIpc) is 3.12. The van der Waals surface area contributed by atoms with E-state index in [0.717, 1.165) is 34.7 Å². The van der Waals surface area contributed by atoms with Crippen LogP contribution in [0.1, 0.15) is 25.6 Å². The number of nitrogens with zero attached hydrogens (tertiary/aromatic N) is 3. The van der Waals surface area contributed by atoms with Crippen molar-refractivity contribution < 1.29 is 18.7 Å². The predicted octanol–water partition coefficient (Wildman–Crippen LogP) is 4.86. The van der Waals surface area contributed by atoms with Crippen molar-refractivity contribution >= 4 is 33.3 Å². The minimum absolute atomic E-state index is 0.125. The molecule has 1 amide bonds. The molecule has 0 unspecified atom stereocenters. The minimum Gasteiger partial charge on any atom is -0.453 e. The zero-order valence-electron chi connectivity index (χ0n) is 18.4. The lowest BCUT2D eigenvalue weighted by Gasteiger charge is -2.35. The van der Waals surface area contributed by atoms with Gasteiger partial charge in [0, 0.05) is 61.6 Å². The Morgan fingerprint density at radius 3 is 2.59 bits per heavy atom. The van der Waals surface area contributed by atoms with Crippen LogP contribution < -0.4 is 10.5 Å². The van der Waals surface area contributed by atoms with Crippen molar-refractivity contribution in [1.29, 1.82) is 0 Å². The fourth-order valence-electron chi connectivity index (χ4n) is 3.48. The molecule has 1 aliphatic rings. The standard InChI is InChI=1S/C23H27FN4O3S/c1-23(2,3)31-22(29)28-10-8-27(9-11-28)14-16-13-18-21(32-16)20(6-7-26-18)30-19-5-4-15(25)12-17(19)24/h4-7,12-13H,8-11,14,25H2,1-3H3. The second kappa shape index (κ2) is 8.91. The van der Waals surface area contributed by atoms with Gasteiger partial charge >= 0.3 is 6.09 Å². The summed E-state index contributed by atoms with van der Waals surface area (Å²) in [6, 6.07) is 8.14. The molecule has 1 aromatic carbocycles. The topological polar surface area (TPSA) is 80.9 Å². The van der Waals surface area contributed by atoms with E-state index in [1.54, 1.807) is 34.6 Å². The summed E-state index contributed by atoms with van der Waals surface area (Å²) in [5, 5.41) is 0. The summed E-state index contributed by atoms with van der Waals surface area (Å²) in [7, 11) is 0. The van der Waals surface area contributed by atoms with Gasteiger partial charge in [0.05, 0.1) is 10.2 Å². The second-order valence-electron chi connectivity index (χ2n) is 8.77. The van der Waals surface area contributed by atoms with E-state index in [9.17, 15) is 9.18 Å². The van der Waals surface area contributed by atoms with Gasteiger partial charge in [-0.25, -0.2) is 9.18 Å². The maximum absolute atomic E-state index is 14.2. The summed E-state index contributed by atoms with van der Waals surface area (Å²) in [6.07, 6.45) is 1.39. The molecule has 0 radical (unpaired) electrons. The van der Waals surface area contributed by atoms with E-state index in [1.165, 1.54) is 12.1 Å². The van der Waals surface area contributed by atoms with Gasteiger partial charge in [-0.05, 0) is 39.0 Å². The molecule has 3 aromatic rings. The molecule has 32 heavy (non-hydrogen) atoms. The van der Waals surface area contributed by atoms with Crippen LogP contribution in [0.3, 0.4) is 0 Å². The summed E-state index contributed by atoms with van der Waals surface area (Å²) in [5.41, 5.74) is 6.28. The van der Waals surface area contributed by atoms with Gasteiger partial charge in [-0.15, -0.1) is 11.3 Å². The molecule has 9 heteroatoms. The van der Waals surface area contributed by atoms with Crippen LogP contribution in [0.2, 0.25) is 0 Å². The zero-order valence-corrected chi connectivity index (χ0v) is 19.2. The maximum atomic E-state index is 14.2. The Morgan fingerprint density at radius 2 is 1.91 bits per heavy atom. The first-order valence-corrected chi connectivity index (χ1v) is 11.3. The third-order valence-electron chi connectivity index (χ3n) is 5.01. The number of piperazine rings is 1. The van der Waals surface area contributed by atoms with Crippen LogP contribution in [0.5, 0.6) is 11.5 Å². The molecule has 0 spiro atoms. The number of nitrogens with two attached hydrogens (primary N) is 1. The van der Waals surface area contributed by atoms with Crippen LogP contribution >= 0.6 is 11.3 Å². The highest BCUT2D eigenvalue weighted by atomic mass is 32.1. The second-order valence-corrected chi connectivity index (χ2v) is 9.91. The largest absolute Gasteiger partial charge is 0.453 e. The number of rotatable bonds is 4. The van der Waals surface area contributed by atoms with Gasteiger partial charge in [0.25, 0.3) is 0 Å². The third kappa shape index (κ3) is 5.28. The predicted molar refractivity (Wildman–Crippen MR) is 124 cm³/mol. The van der Waals surface area contributed by atoms with E-state index in [4.69, 9.17) is 15.2 Å². The lowest BCUT2D eigenvalue weighted by molar-refractivity contribution is 0.0140. The molecule has 170 valence electrons. The Hall–Kier alpha value is -2.91. The number of ether oxygens (including phenoxy) is 2. The summed E-state index contributed by atoms with van der Waals surface area (Å²) >= 11 is 1.58. The zero-order chi connectivity index (χ0) is 22.9. The van der Waals surface area contributed by atoms with Crippen LogP contribution in [-0.2, 0) is 11.3 Å². The van der Waals surface area contributed by atoms with Gasteiger partial charge in [-0.2, -0.15) is 0 Å². The molecule has 1 aliphatic heterocycles. The van der Waals surface area contributed by atoms with Crippen molar-refractivity contribution in [1.82, 2.24) is 14.8 Å². The van der Waals surface area contributed by atoms with Gasteiger partial charge in [-0.3, -0.25) is 9.88 Å². The summed E-state index contributed by atoms with van der Waals surface area (Å²) < 4.78 is 26.3. The Labute approximate surface area is 190 Å². The van der Waals surface area contributed by atoms with Crippen molar-refractivity contribution in [3.05, 3.63) is 47.2 Å². The first-order chi connectivity index (χ1) is 15.2. The van der Waals surface area contributed by atoms with Gasteiger partial charge in [0.15, 0.2) is 11.6 Å². The van der Waals surface area contributed by atoms with Gasteiger partial charge in [0.1, 0.15) is 11.4 Å². The van der Waals surface area contributed by atoms with E-state index < -0.39 is 11.4 Å². The number of hydrogen-bond acceptors (Lipinski definition) is 7. The molecule has 1 fully saturated rings. The maximum Gasteiger partial charge on any atom is 0.410 e. The van der Waals surface area contributed by atoms with E-state index in [0.29, 0.717) is 24.5 Å². The Bertz CT molecular complexity index is 1120. The first kappa shape index (κ1) is 22.3. The molecule has 0 atom stereocenters. The number of carbonyl (C=O) groups is 1. The molecule has 4 rings (SSSR count). The number of anilines is 1. The van der Waals surface area contributed by atoms with Crippen molar-refractivity contribution in [2.75, 3.05) is 31.9 Å². The number of hydrogen-bond donors (Lipinski definition) is 1. The molecular formula is C23H27FN4O3S. The Kier molecular flexibility index (Phi) is 6.21. The van der Waals surface area contributed by atoms with Crippen molar-refractivity contribution in [2.24, 2.45) is 0 Å². The minimum atomic E-state index is -0.505. The van der Waals surface area contributed by atoms with Gasteiger partial charge in [-0.1, -0.05) is 0 Å². The lowest BCUT2D eigenvalue weighted by Crippen LogP contribution is -2.49. The van der Waals surface area contributed by atoms with E-state index in [2.05, 4.69) is 9.88 Å². The van der Waals surface area contributed by atoms with Crippen molar-refractivity contribution in [2.45, 2.75) is 32.9 Å². The molecule has 3 heterocycles. The molecular weight excluding hydrogens is 431 g/mol. The van der Waals surface area contributed by atoms with Crippen LogP contribution in [0, 0.1) is 5.82 Å². The highest BCUT2D eigenvalue weighted by Gasteiger charge is 2.26. The van der Waals surface area contributed by atoms with E-state index in [1.807, 2.05) is 26.8 Å². The number of aromatic nitrogens is 1. The Morgan fingerprint density at radius 1 is 1.16 bits per heavy atom. The summed E-state index contributed by atoms with van der Waals surface area (Å²) in [6.45, 7) is 9.15. The van der Waals surface area contributed by atoms with Crippen molar-refractivity contribution in [3.8, 4) is 11.5 Å². The quantitative estimate of drug-likeness (QED) is 0.562. The summed E-state index contributed by atoms with van der Waals surface area (Å²) in [4.78, 5) is 21.9. The number of carbonyl (C=O) groups excluding carboxylic acids is 1. The number of thiophene rings is 1. The molecule has 2 aromatic heterocycles. The lowest BCUT2D eigenvalue weighted by atomic mass is 10.2. The number of benzene rings is 1. The molecule has 7 nitrogen and oxygen atoms in total. The fraction of sp³-hybridized carbons (Fsp3) is 0.391. The average molecular weight is 459 g/mol. The van der Waals surface area contributed by atoms with Gasteiger partial charge in [0.2, 0.25) is 0 Å². The van der Waals surface area contributed by atoms with Crippen LogP contribution in [0.15, 0.2) is 36.5 Å². The number of nitrogen functional groups attached to an aromatic ring is 1. The molecule has 0 aliphatic carbocycles. The first-order valence-electron chi connectivity index (χ1n) is 10.5. The van der Waals surface area contributed by atoms with E-state index >= 15 is 0 Å². The van der Waals surface area contributed by atoms with E-state index in [-0.39, 0.29) is 11.8 Å². The number of fused-ring (bicyclic) bond motifs is 1. The molecule has 0 saturated carbocycles. The fourth-order valence-corrected chi connectivity index (χ4v) is 4.58. The van der Waals surface area contributed by atoms with Crippen LogP contribution in [0.4, 0.5) is 14.9 Å². The molecule has 2 N–H and O–H groups in total. The number of pyridine rings is 1. The molecule has 1 saturated heterocycles. The van der Waals surface area contributed by atoms with Crippen LogP contribution in [-0.4, -0.2) is 52.7 Å². The third-order valence-corrected chi connectivity index (χ3v) is 6.13. The monoisotopic (exact) mass is 458 g/mol. The molecule has 0 bridgehead atoms. The normalized spacial score (nSPS) is 15.2. The number of halogens is 1. The van der Waals surface area contributed by atoms with Crippen molar-refractivity contribution in [3.63, 3.8) is 0 Å². The van der Waals surface area contributed by atoms with Gasteiger partial charge < -0.3 is 20.1 Å². The highest BCUT2D eigenvalue weighted by molar-refractivity contribution is 7.19. The Balaban J connectivity index is 1.42. The highest BCUT2D eigenvalue weighted by Crippen LogP contribution is 2.36.